The normalized spacial score (nSPS) is 15.8. The van der Waals surface area contributed by atoms with Crippen LogP contribution in [0.3, 0.4) is 0 Å². The quantitative estimate of drug-likeness (QED) is 0.553. The number of benzene rings is 2. The summed E-state index contributed by atoms with van der Waals surface area (Å²) in [4.78, 5) is 18.7. The molecule has 0 saturated carbocycles. The van der Waals surface area contributed by atoms with Gasteiger partial charge in [-0.25, -0.2) is 0 Å². The summed E-state index contributed by atoms with van der Waals surface area (Å²) < 4.78 is 5.40. The van der Waals surface area contributed by atoms with Gasteiger partial charge in [-0.2, -0.15) is 0 Å². The molecule has 1 aliphatic rings. The Balaban J connectivity index is 1.47. The average molecular weight is 420 g/mol. The first kappa shape index (κ1) is 21.6. The number of aromatic nitrogens is 1. The highest BCUT2D eigenvalue weighted by Gasteiger charge is 2.21. The largest absolute Gasteiger partial charge is 0.379 e. The second-order valence-electron chi connectivity index (χ2n) is 8.33. The van der Waals surface area contributed by atoms with Gasteiger partial charge in [0.15, 0.2) is 0 Å². The van der Waals surface area contributed by atoms with Crippen LogP contribution in [0.5, 0.6) is 0 Å². The van der Waals surface area contributed by atoms with Crippen LogP contribution in [0.1, 0.15) is 36.0 Å². The van der Waals surface area contributed by atoms with Crippen molar-refractivity contribution in [3.63, 3.8) is 0 Å². The van der Waals surface area contributed by atoms with Gasteiger partial charge in [0.05, 0.1) is 13.2 Å². The summed E-state index contributed by atoms with van der Waals surface area (Å²) in [5.41, 5.74) is 5.01. The third kappa shape index (κ3) is 5.54. The lowest BCUT2D eigenvalue weighted by Gasteiger charge is -2.26. The van der Waals surface area contributed by atoms with Gasteiger partial charge in [-0.05, 0) is 35.4 Å². The van der Waals surface area contributed by atoms with Crippen molar-refractivity contribution in [1.82, 2.24) is 15.2 Å². The van der Waals surface area contributed by atoms with Crippen molar-refractivity contribution in [2.45, 2.75) is 32.1 Å². The van der Waals surface area contributed by atoms with E-state index in [1.165, 1.54) is 27.6 Å². The first-order valence-electron chi connectivity index (χ1n) is 11.4. The third-order valence-electron chi connectivity index (χ3n) is 6.27. The van der Waals surface area contributed by atoms with Crippen LogP contribution in [-0.4, -0.2) is 55.2 Å². The Morgan fingerprint density at radius 3 is 2.71 bits per heavy atom. The van der Waals surface area contributed by atoms with E-state index in [9.17, 15) is 4.79 Å². The van der Waals surface area contributed by atoms with Crippen molar-refractivity contribution >= 4 is 16.8 Å². The molecule has 1 unspecified atom stereocenters. The van der Waals surface area contributed by atoms with E-state index in [0.29, 0.717) is 13.0 Å². The number of morpholine rings is 1. The highest BCUT2D eigenvalue weighted by molar-refractivity contribution is 5.87. The van der Waals surface area contributed by atoms with Gasteiger partial charge >= 0.3 is 0 Å². The van der Waals surface area contributed by atoms with Gasteiger partial charge in [-0.3, -0.25) is 9.69 Å². The third-order valence-corrected chi connectivity index (χ3v) is 6.27. The van der Waals surface area contributed by atoms with Crippen LogP contribution < -0.4 is 5.32 Å². The predicted molar refractivity (Wildman–Crippen MR) is 125 cm³/mol. The van der Waals surface area contributed by atoms with Crippen molar-refractivity contribution in [3.05, 3.63) is 71.4 Å². The van der Waals surface area contributed by atoms with Gasteiger partial charge in [0.25, 0.3) is 0 Å². The van der Waals surface area contributed by atoms with Crippen LogP contribution in [0, 0.1) is 0 Å². The number of para-hydroxylation sites is 1. The SMILES string of the molecule is CCc1cccc2c(C(CC(=O)NCCN3CCOCC3)Cc3ccccc3)c[nH]c12. The highest BCUT2D eigenvalue weighted by atomic mass is 16.5. The van der Waals surface area contributed by atoms with Crippen LogP contribution in [0.15, 0.2) is 54.7 Å². The number of H-pyrrole nitrogens is 1. The molecule has 1 saturated heterocycles. The second-order valence-corrected chi connectivity index (χ2v) is 8.33. The molecule has 2 aromatic carbocycles. The molecular weight excluding hydrogens is 386 g/mol. The molecule has 164 valence electrons. The Bertz CT molecular complexity index is 977. The molecule has 1 fully saturated rings. The fraction of sp³-hybridized carbons (Fsp3) is 0.423. The standard InChI is InChI=1S/C26H33N3O2/c1-2-21-9-6-10-23-24(19-28-26(21)23)22(17-20-7-4-3-5-8-20)18-25(30)27-11-12-29-13-15-31-16-14-29/h3-10,19,22,28H,2,11-18H2,1H3,(H,27,30). The molecule has 31 heavy (non-hydrogen) atoms. The van der Waals surface area contributed by atoms with E-state index in [2.05, 4.69) is 70.8 Å². The van der Waals surface area contributed by atoms with Crippen LogP contribution in [0.4, 0.5) is 0 Å². The van der Waals surface area contributed by atoms with Crippen LogP contribution in [0.25, 0.3) is 10.9 Å². The molecule has 1 amide bonds. The van der Waals surface area contributed by atoms with Crippen LogP contribution in [0.2, 0.25) is 0 Å². The Kier molecular flexibility index (Phi) is 7.39. The Morgan fingerprint density at radius 1 is 1.13 bits per heavy atom. The van der Waals surface area contributed by atoms with Crippen molar-refractivity contribution in [3.8, 4) is 0 Å². The maximum absolute atomic E-state index is 12.9. The first-order chi connectivity index (χ1) is 15.2. The first-order valence-corrected chi connectivity index (χ1v) is 11.4. The minimum atomic E-state index is 0.121. The van der Waals surface area contributed by atoms with Crippen molar-refractivity contribution in [1.29, 1.82) is 0 Å². The fourth-order valence-electron chi connectivity index (χ4n) is 4.54. The number of amides is 1. The van der Waals surface area contributed by atoms with Crippen molar-refractivity contribution in [2.75, 3.05) is 39.4 Å². The number of carbonyl (C=O) groups is 1. The van der Waals surface area contributed by atoms with E-state index < -0.39 is 0 Å². The lowest BCUT2D eigenvalue weighted by Crippen LogP contribution is -2.41. The molecule has 0 spiro atoms. The number of fused-ring (bicyclic) bond motifs is 1. The molecule has 3 aromatic rings. The van der Waals surface area contributed by atoms with Crippen molar-refractivity contribution < 1.29 is 9.53 Å². The van der Waals surface area contributed by atoms with E-state index in [1.807, 2.05) is 6.07 Å². The Labute approximate surface area is 184 Å². The van der Waals surface area contributed by atoms with Crippen molar-refractivity contribution in [2.24, 2.45) is 0 Å². The van der Waals surface area contributed by atoms with Gasteiger partial charge in [-0.15, -0.1) is 0 Å². The lowest BCUT2D eigenvalue weighted by atomic mass is 9.88. The number of rotatable bonds is 9. The molecule has 5 heteroatoms. The number of aromatic amines is 1. The summed E-state index contributed by atoms with van der Waals surface area (Å²) in [6.45, 7) is 7.21. The van der Waals surface area contributed by atoms with E-state index >= 15 is 0 Å². The Hall–Kier alpha value is -2.63. The topological polar surface area (TPSA) is 57.4 Å². The van der Waals surface area contributed by atoms with Gasteiger partial charge in [-0.1, -0.05) is 55.5 Å². The van der Waals surface area contributed by atoms with Gasteiger partial charge < -0.3 is 15.0 Å². The molecule has 1 atom stereocenters. The zero-order chi connectivity index (χ0) is 21.5. The summed E-state index contributed by atoms with van der Waals surface area (Å²) in [5, 5.41) is 4.38. The number of hydrogen-bond donors (Lipinski definition) is 2. The second kappa shape index (κ2) is 10.6. The van der Waals surface area contributed by atoms with Gasteiger partial charge in [0, 0.05) is 49.7 Å². The molecular formula is C26H33N3O2. The minimum absolute atomic E-state index is 0.121. The number of ether oxygens (including phenoxy) is 1. The summed E-state index contributed by atoms with van der Waals surface area (Å²) in [5.74, 6) is 0.252. The van der Waals surface area contributed by atoms with Gasteiger partial charge in [0.1, 0.15) is 0 Å². The molecule has 0 radical (unpaired) electrons. The highest BCUT2D eigenvalue weighted by Crippen LogP contribution is 2.32. The number of nitrogens with zero attached hydrogens (tertiary/aromatic N) is 1. The number of nitrogens with one attached hydrogen (secondary N) is 2. The molecule has 1 aromatic heterocycles. The fourth-order valence-corrected chi connectivity index (χ4v) is 4.54. The number of carbonyl (C=O) groups excluding carboxylic acids is 1. The number of aryl methyl sites for hydroxylation is 1. The summed E-state index contributed by atoms with van der Waals surface area (Å²) in [6.07, 6.45) is 4.43. The monoisotopic (exact) mass is 419 g/mol. The molecule has 2 N–H and O–H groups in total. The molecule has 4 rings (SSSR count). The predicted octanol–water partition coefficient (Wildman–Crippen LogP) is 3.90. The lowest BCUT2D eigenvalue weighted by molar-refractivity contribution is -0.121. The van der Waals surface area contributed by atoms with Crippen LogP contribution >= 0.6 is 0 Å². The maximum Gasteiger partial charge on any atom is 0.220 e. The molecule has 1 aliphatic heterocycles. The average Bonchev–Trinajstić information content (AvgIpc) is 3.24. The van der Waals surface area contributed by atoms with E-state index in [0.717, 1.165) is 45.7 Å². The van der Waals surface area contributed by atoms with E-state index in [4.69, 9.17) is 4.74 Å². The van der Waals surface area contributed by atoms with E-state index in [1.54, 1.807) is 0 Å². The zero-order valence-corrected chi connectivity index (χ0v) is 18.4. The smallest absolute Gasteiger partial charge is 0.220 e. The minimum Gasteiger partial charge on any atom is -0.379 e. The van der Waals surface area contributed by atoms with E-state index in [-0.39, 0.29) is 11.8 Å². The molecule has 5 nitrogen and oxygen atoms in total. The number of hydrogen-bond acceptors (Lipinski definition) is 3. The molecule has 2 heterocycles. The maximum atomic E-state index is 12.9. The van der Waals surface area contributed by atoms with Crippen LogP contribution in [-0.2, 0) is 22.4 Å². The molecule has 0 bridgehead atoms. The summed E-state index contributed by atoms with van der Waals surface area (Å²) in [7, 11) is 0. The zero-order valence-electron chi connectivity index (χ0n) is 18.4. The molecule has 0 aliphatic carbocycles. The summed E-state index contributed by atoms with van der Waals surface area (Å²) in [6, 6.07) is 16.9. The Morgan fingerprint density at radius 2 is 1.94 bits per heavy atom. The summed E-state index contributed by atoms with van der Waals surface area (Å²) >= 11 is 0. The van der Waals surface area contributed by atoms with Gasteiger partial charge in [0.2, 0.25) is 5.91 Å².